The minimum absolute atomic E-state index is 0.0952. The highest BCUT2D eigenvalue weighted by Gasteiger charge is 2.20. The molecule has 1 aliphatic rings. The highest BCUT2D eigenvalue weighted by molar-refractivity contribution is 5.75. The van der Waals surface area contributed by atoms with Gasteiger partial charge in [-0.25, -0.2) is 4.98 Å². The number of β-amino-alcohol motifs (C(OH)–C–C–N with tert-alkyl or cyclic N) is 1. The second-order valence-corrected chi connectivity index (χ2v) is 5.71. The van der Waals surface area contributed by atoms with Crippen molar-refractivity contribution in [2.75, 3.05) is 18.0 Å². The molecule has 0 unspecified atom stereocenters. The first-order chi connectivity index (χ1) is 11.2. The van der Waals surface area contributed by atoms with Gasteiger partial charge >= 0.3 is 0 Å². The van der Waals surface area contributed by atoms with E-state index in [0.717, 1.165) is 30.8 Å². The molecule has 0 saturated carbocycles. The van der Waals surface area contributed by atoms with E-state index in [2.05, 4.69) is 20.3 Å². The van der Waals surface area contributed by atoms with E-state index in [0.29, 0.717) is 13.1 Å². The molecule has 23 heavy (non-hydrogen) atoms. The molecule has 1 fully saturated rings. The number of hydrogen-bond acceptors (Lipinski definition) is 5. The van der Waals surface area contributed by atoms with E-state index < -0.39 is 0 Å². The van der Waals surface area contributed by atoms with Crippen LogP contribution < -0.4 is 10.2 Å². The molecule has 2 aromatic heterocycles. The van der Waals surface area contributed by atoms with Gasteiger partial charge in [-0.3, -0.25) is 9.48 Å². The number of aliphatic hydroxyl groups excluding tert-OH is 1. The van der Waals surface area contributed by atoms with Crippen LogP contribution in [-0.4, -0.2) is 45.0 Å². The number of rotatable bonds is 5. The summed E-state index contributed by atoms with van der Waals surface area (Å²) in [4.78, 5) is 18.5. The predicted molar refractivity (Wildman–Crippen MR) is 85.8 cm³/mol. The molecule has 1 atom stereocenters. The lowest BCUT2D eigenvalue weighted by Crippen LogP contribution is -2.39. The Morgan fingerprint density at radius 3 is 3.09 bits per heavy atom. The summed E-state index contributed by atoms with van der Waals surface area (Å²) >= 11 is 0. The zero-order valence-corrected chi connectivity index (χ0v) is 12.9. The van der Waals surface area contributed by atoms with Crippen LogP contribution in [0.25, 0.3) is 0 Å². The average Bonchev–Trinajstić information content (AvgIpc) is 3.06. The maximum atomic E-state index is 12.0. The van der Waals surface area contributed by atoms with Gasteiger partial charge < -0.3 is 15.3 Å². The third-order valence-corrected chi connectivity index (χ3v) is 3.90. The van der Waals surface area contributed by atoms with Gasteiger partial charge in [0, 0.05) is 43.8 Å². The molecule has 3 heterocycles. The van der Waals surface area contributed by atoms with Crippen molar-refractivity contribution >= 4 is 11.7 Å². The van der Waals surface area contributed by atoms with Gasteiger partial charge in [0.05, 0.1) is 6.10 Å². The van der Waals surface area contributed by atoms with Crippen LogP contribution >= 0.6 is 0 Å². The summed E-state index contributed by atoms with van der Waals surface area (Å²) in [5, 5.41) is 16.8. The Bertz CT molecular complexity index is 644. The van der Waals surface area contributed by atoms with Crippen molar-refractivity contribution in [3.8, 4) is 0 Å². The van der Waals surface area contributed by atoms with Gasteiger partial charge in [-0.15, -0.1) is 0 Å². The normalized spacial score (nSPS) is 18.0. The molecule has 0 aliphatic carbocycles. The fourth-order valence-corrected chi connectivity index (χ4v) is 2.79. The lowest BCUT2D eigenvalue weighted by Gasteiger charge is -2.32. The minimum Gasteiger partial charge on any atom is -0.391 e. The van der Waals surface area contributed by atoms with Crippen molar-refractivity contribution in [1.29, 1.82) is 0 Å². The molecule has 1 aliphatic heterocycles. The van der Waals surface area contributed by atoms with Crippen molar-refractivity contribution < 1.29 is 9.90 Å². The molecule has 0 bridgehead atoms. The molecule has 1 amide bonds. The van der Waals surface area contributed by atoms with Gasteiger partial charge in [0.25, 0.3) is 0 Å². The van der Waals surface area contributed by atoms with Crippen molar-refractivity contribution in [3.63, 3.8) is 0 Å². The van der Waals surface area contributed by atoms with Crippen LogP contribution in [0, 0.1) is 0 Å². The SMILES string of the molecule is O=C(Cn1cccn1)NCc1cccnc1N1CCC[C@@H](O)C1. The van der Waals surface area contributed by atoms with Crippen molar-refractivity contribution in [2.45, 2.75) is 32.0 Å². The average molecular weight is 315 g/mol. The van der Waals surface area contributed by atoms with Gasteiger partial charge in [0.15, 0.2) is 0 Å². The molecule has 3 rings (SSSR count). The fraction of sp³-hybridized carbons (Fsp3) is 0.438. The smallest absolute Gasteiger partial charge is 0.241 e. The van der Waals surface area contributed by atoms with Gasteiger partial charge in [-0.05, 0) is 25.0 Å². The number of pyridine rings is 1. The maximum Gasteiger partial charge on any atom is 0.241 e. The number of carbonyl (C=O) groups is 1. The number of amides is 1. The number of nitrogens with one attached hydrogen (secondary N) is 1. The standard InChI is InChI=1S/C16H21N5O2/c22-14-5-2-8-20(11-14)16-13(4-1-6-17-16)10-18-15(23)12-21-9-3-7-19-21/h1,3-4,6-7,9,14,22H,2,5,8,10-12H2,(H,18,23)/t14-/m1/s1. The lowest BCUT2D eigenvalue weighted by atomic mass is 10.1. The van der Waals surface area contributed by atoms with Crippen LogP contribution in [0.2, 0.25) is 0 Å². The Labute approximate surface area is 134 Å². The van der Waals surface area contributed by atoms with E-state index in [4.69, 9.17) is 0 Å². The monoisotopic (exact) mass is 315 g/mol. The molecular formula is C16H21N5O2. The molecule has 2 aromatic rings. The van der Waals surface area contributed by atoms with Crippen LogP contribution in [0.1, 0.15) is 18.4 Å². The number of aromatic nitrogens is 3. The van der Waals surface area contributed by atoms with E-state index >= 15 is 0 Å². The summed E-state index contributed by atoms with van der Waals surface area (Å²) < 4.78 is 1.58. The fourth-order valence-electron chi connectivity index (χ4n) is 2.79. The third-order valence-electron chi connectivity index (χ3n) is 3.90. The molecule has 122 valence electrons. The summed E-state index contributed by atoms with van der Waals surface area (Å²) in [7, 11) is 0. The van der Waals surface area contributed by atoms with E-state index in [1.54, 1.807) is 29.3 Å². The Hall–Kier alpha value is -2.41. The summed E-state index contributed by atoms with van der Waals surface area (Å²) in [6.07, 6.45) is 6.61. The quantitative estimate of drug-likeness (QED) is 0.842. The second kappa shape index (κ2) is 7.23. The molecule has 0 radical (unpaired) electrons. The van der Waals surface area contributed by atoms with E-state index in [1.165, 1.54) is 0 Å². The lowest BCUT2D eigenvalue weighted by molar-refractivity contribution is -0.122. The van der Waals surface area contributed by atoms with Crippen LogP contribution in [0.5, 0.6) is 0 Å². The zero-order valence-electron chi connectivity index (χ0n) is 12.9. The van der Waals surface area contributed by atoms with Gasteiger partial charge in [0.1, 0.15) is 12.4 Å². The van der Waals surface area contributed by atoms with Crippen LogP contribution in [-0.2, 0) is 17.9 Å². The number of anilines is 1. The van der Waals surface area contributed by atoms with Crippen molar-refractivity contribution in [1.82, 2.24) is 20.1 Å². The maximum absolute atomic E-state index is 12.0. The Morgan fingerprint density at radius 2 is 2.30 bits per heavy atom. The molecule has 2 N–H and O–H groups in total. The molecular weight excluding hydrogens is 294 g/mol. The highest BCUT2D eigenvalue weighted by atomic mass is 16.3. The van der Waals surface area contributed by atoms with E-state index in [-0.39, 0.29) is 18.6 Å². The van der Waals surface area contributed by atoms with Crippen LogP contribution in [0.3, 0.4) is 0 Å². The molecule has 7 nitrogen and oxygen atoms in total. The number of aliphatic hydroxyl groups is 1. The number of carbonyl (C=O) groups excluding carboxylic acids is 1. The minimum atomic E-state index is -0.312. The van der Waals surface area contributed by atoms with Crippen LogP contribution in [0.4, 0.5) is 5.82 Å². The Kier molecular flexibility index (Phi) is 4.87. The first-order valence-electron chi connectivity index (χ1n) is 7.83. The summed E-state index contributed by atoms with van der Waals surface area (Å²) in [5.74, 6) is 0.743. The molecule has 7 heteroatoms. The Balaban J connectivity index is 1.62. The second-order valence-electron chi connectivity index (χ2n) is 5.71. The number of nitrogens with zero attached hydrogens (tertiary/aromatic N) is 4. The summed E-state index contributed by atoms with van der Waals surface area (Å²) in [6.45, 7) is 2.08. The molecule has 0 aromatic carbocycles. The largest absolute Gasteiger partial charge is 0.391 e. The van der Waals surface area contributed by atoms with Crippen molar-refractivity contribution in [2.24, 2.45) is 0 Å². The first-order valence-corrected chi connectivity index (χ1v) is 7.83. The predicted octanol–water partition coefficient (Wildman–Crippen LogP) is 0.556. The highest BCUT2D eigenvalue weighted by Crippen LogP contribution is 2.21. The Morgan fingerprint density at radius 1 is 1.39 bits per heavy atom. The van der Waals surface area contributed by atoms with E-state index in [1.807, 2.05) is 12.1 Å². The summed E-state index contributed by atoms with van der Waals surface area (Å²) in [6, 6.07) is 5.60. The number of hydrogen-bond donors (Lipinski definition) is 2. The molecule has 0 spiro atoms. The molecule has 1 saturated heterocycles. The number of piperidine rings is 1. The third kappa shape index (κ3) is 4.07. The first kappa shape index (κ1) is 15.5. The van der Waals surface area contributed by atoms with Gasteiger partial charge in [-0.2, -0.15) is 5.10 Å². The zero-order chi connectivity index (χ0) is 16.1. The van der Waals surface area contributed by atoms with Gasteiger partial charge in [0.2, 0.25) is 5.91 Å². The van der Waals surface area contributed by atoms with Gasteiger partial charge in [-0.1, -0.05) is 6.07 Å². The topological polar surface area (TPSA) is 83.3 Å². The van der Waals surface area contributed by atoms with Crippen LogP contribution in [0.15, 0.2) is 36.8 Å². The van der Waals surface area contributed by atoms with Crippen molar-refractivity contribution in [3.05, 3.63) is 42.4 Å². The van der Waals surface area contributed by atoms with E-state index in [9.17, 15) is 9.90 Å². The summed E-state index contributed by atoms with van der Waals surface area (Å²) in [5.41, 5.74) is 0.954.